The predicted molar refractivity (Wildman–Crippen MR) is 94.5 cm³/mol. The van der Waals surface area contributed by atoms with Crippen molar-refractivity contribution in [1.82, 2.24) is 15.0 Å². The van der Waals surface area contributed by atoms with Crippen molar-refractivity contribution in [2.75, 3.05) is 29.1 Å². The van der Waals surface area contributed by atoms with Crippen LogP contribution in [-0.2, 0) is 0 Å². The average Bonchev–Trinajstić information content (AvgIpc) is 3.06. The number of aliphatic imine (C=N–C) groups is 1. The summed E-state index contributed by atoms with van der Waals surface area (Å²) < 4.78 is 0. The minimum atomic E-state index is -0.315. The van der Waals surface area contributed by atoms with Gasteiger partial charge in [0, 0.05) is 25.1 Å². The molecule has 0 aliphatic carbocycles. The molecule has 24 heavy (non-hydrogen) atoms. The van der Waals surface area contributed by atoms with E-state index in [1.54, 1.807) is 0 Å². The van der Waals surface area contributed by atoms with E-state index >= 15 is 0 Å². The summed E-state index contributed by atoms with van der Waals surface area (Å²) in [6.45, 7) is 1.18. The largest absolute Gasteiger partial charge is 0.294 e. The van der Waals surface area contributed by atoms with Gasteiger partial charge in [-0.2, -0.15) is 0 Å². The van der Waals surface area contributed by atoms with Crippen LogP contribution in [0.25, 0.3) is 0 Å². The number of anilines is 2. The third kappa shape index (κ3) is 2.25. The average molecular weight is 381 g/mol. The predicted octanol–water partition coefficient (Wildman–Crippen LogP) is 2.74. The summed E-state index contributed by atoms with van der Waals surface area (Å²) in [5.74, 6) is 0.714. The maximum absolute atomic E-state index is 13.1. The van der Waals surface area contributed by atoms with Crippen molar-refractivity contribution < 1.29 is 4.79 Å². The zero-order valence-corrected chi connectivity index (χ0v) is 14.7. The van der Waals surface area contributed by atoms with E-state index in [0.717, 1.165) is 0 Å². The molecule has 0 bridgehead atoms. The fraction of sp³-hybridized carbons (Fsp3) is 0.214. The maximum atomic E-state index is 13.1. The lowest BCUT2D eigenvalue weighted by molar-refractivity contribution is 0.0999. The molecule has 2 aliphatic rings. The molecule has 0 saturated carbocycles. The van der Waals surface area contributed by atoms with Crippen molar-refractivity contribution in [1.29, 1.82) is 0 Å². The number of amides is 1. The van der Waals surface area contributed by atoms with Crippen molar-refractivity contribution in [3.8, 4) is 0 Å². The number of carbonyl (C=O) groups excluding carboxylic acids is 1. The van der Waals surface area contributed by atoms with Crippen LogP contribution in [0.4, 0.5) is 11.5 Å². The fourth-order valence-corrected chi connectivity index (χ4v) is 3.54. The Bertz CT molecular complexity index is 869. The molecule has 0 fully saturated rings. The summed E-state index contributed by atoms with van der Waals surface area (Å²) in [5, 5.41) is 1.15. The van der Waals surface area contributed by atoms with E-state index in [9.17, 15) is 4.79 Å². The van der Waals surface area contributed by atoms with Gasteiger partial charge in [-0.1, -0.05) is 35.0 Å². The van der Waals surface area contributed by atoms with E-state index in [1.807, 2.05) is 11.2 Å². The van der Waals surface area contributed by atoms with E-state index < -0.39 is 0 Å². The Hall–Kier alpha value is -1.90. The summed E-state index contributed by atoms with van der Waals surface area (Å²) in [4.78, 5) is 33.4. The summed E-state index contributed by atoms with van der Waals surface area (Å²) >= 11 is 13.9. The Morgan fingerprint density at radius 3 is 2.67 bits per heavy atom. The molecular weight excluding hydrogens is 371 g/mol. The summed E-state index contributed by atoms with van der Waals surface area (Å²) in [6, 6.07) is 0. The van der Waals surface area contributed by atoms with Crippen molar-refractivity contribution in [2.45, 2.75) is 5.16 Å². The lowest BCUT2D eigenvalue weighted by atomic mass is 10.2. The third-order valence-corrected chi connectivity index (χ3v) is 4.80. The van der Waals surface area contributed by atoms with Gasteiger partial charge in [0.15, 0.2) is 11.0 Å². The van der Waals surface area contributed by atoms with Crippen LogP contribution < -0.4 is 9.80 Å². The molecule has 1 amide bonds. The Balaban J connectivity index is 1.93. The lowest BCUT2D eigenvalue weighted by Crippen LogP contribution is -2.51. The number of halogens is 2. The Morgan fingerprint density at radius 1 is 1.21 bits per heavy atom. The van der Waals surface area contributed by atoms with Crippen molar-refractivity contribution in [3.63, 3.8) is 0 Å². The number of hydrogen-bond acceptors (Lipinski definition) is 7. The molecular formula is C14H10Cl2N6OS. The molecule has 0 saturated heterocycles. The number of rotatable bonds is 2. The van der Waals surface area contributed by atoms with E-state index in [2.05, 4.69) is 19.9 Å². The minimum Gasteiger partial charge on any atom is -0.294 e. The van der Waals surface area contributed by atoms with E-state index in [-0.39, 0.29) is 16.0 Å². The highest BCUT2D eigenvalue weighted by atomic mass is 35.5. The van der Waals surface area contributed by atoms with Gasteiger partial charge in [0.1, 0.15) is 5.56 Å². The van der Waals surface area contributed by atoms with Crippen molar-refractivity contribution in [2.24, 2.45) is 4.99 Å². The SMILES string of the molecule is CSc1ncc2c(n1)N1CCN=C1N(c1c(Cl)cncc1Cl)C2=O. The normalized spacial score (nSPS) is 16.1. The number of hydrogen-bond donors (Lipinski definition) is 0. The second-order valence-corrected chi connectivity index (χ2v) is 6.61. The van der Waals surface area contributed by atoms with Gasteiger partial charge >= 0.3 is 0 Å². The zero-order chi connectivity index (χ0) is 16.8. The molecule has 2 aromatic rings. The van der Waals surface area contributed by atoms with Crippen LogP contribution in [0, 0.1) is 0 Å². The van der Waals surface area contributed by atoms with Gasteiger partial charge in [0.05, 0.1) is 22.3 Å². The minimum absolute atomic E-state index is 0.274. The molecule has 0 N–H and O–H groups in total. The van der Waals surface area contributed by atoms with Gasteiger partial charge in [-0.15, -0.1) is 0 Å². The molecule has 2 aliphatic heterocycles. The smallest absolute Gasteiger partial charge is 0.270 e. The summed E-state index contributed by atoms with van der Waals surface area (Å²) in [6.07, 6.45) is 6.30. The van der Waals surface area contributed by atoms with Gasteiger partial charge in [0.25, 0.3) is 5.91 Å². The van der Waals surface area contributed by atoms with Gasteiger partial charge in [-0.3, -0.25) is 19.7 Å². The highest BCUT2D eigenvalue weighted by Crippen LogP contribution is 2.39. The number of guanidine groups is 1. The fourth-order valence-electron chi connectivity index (χ4n) is 2.67. The molecule has 0 spiro atoms. The van der Waals surface area contributed by atoms with Gasteiger partial charge in [-0.25, -0.2) is 14.9 Å². The van der Waals surface area contributed by atoms with Crippen LogP contribution in [0.5, 0.6) is 0 Å². The molecule has 0 unspecified atom stereocenters. The first kappa shape index (κ1) is 15.6. The second-order valence-electron chi connectivity index (χ2n) is 5.02. The molecule has 4 rings (SSSR count). The molecule has 122 valence electrons. The molecule has 0 atom stereocenters. The van der Waals surface area contributed by atoms with E-state index in [0.29, 0.717) is 41.3 Å². The highest BCUT2D eigenvalue weighted by Gasteiger charge is 2.41. The Morgan fingerprint density at radius 2 is 1.96 bits per heavy atom. The van der Waals surface area contributed by atoms with Crippen LogP contribution in [0.3, 0.4) is 0 Å². The number of thioether (sulfide) groups is 1. The number of pyridine rings is 1. The summed E-state index contributed by atoms with van der Waals surface area (Å²) in [7, 11) is 0. The quantitative estimate of drug-likeness (QED) is 0.588. The molecule has 0 radical (unpaired) electrons. The Labute approximate surface area is 151 Å². The number of nitrogens with zero attached hydrogens (tertiary/aromatic N) is 6. The first-order valence-electron chi connectivity index (χ1n) is 6.98. The number of aromatic nitrogens is 3. The molecule has 2 aromatic heterocycles. The first-order chi connectivity index (χ1) is 11.6. The Kier molecular flexibility index (Phi) is 3.82. The standard InChI is InChI=1S/C14H10Cl2N6OS/c1-24-13-19-4-7-11(20-13)21-3-2-18-14(21)22(12(7)23)10-8(15)5-17-6-9(10)16/h4-6H,2-3H2,1H3. The first-order valence-corrected chi connectivity index (χ1v) is 8.96. The topological polar surface area (TPSA) is 74.6 Å². The number of carbonyl (C=O) groups is 1. The zero-order valence-electron chi connectivity index (χ0n) is 12.4. The van der Waals surface area contributed by atoms with E-state index in [4.69, 9.17) is 23.2 Å². The monoisotopic (exact) mass is 380 g/mol. The molecule has 7 nitrogen and oxygen atoms in total. The van der Waals surface area contributed by atoms with Gasteiger partial charge in [-0.05, 0) is 6.26 Å². The van der Waals surface area contributed by atoms with E-state index in [1.165, 1.54) is 35.3 Å². The lowest BCUT2D eigenvalue weighted by Gasteiger charge is -2.35. The molecule has 10 heteroatoms. The number of fused-ring (bicyclic) bond motifs is 3. The molecule has 4 heterocycles. The highest BCUT2D eigenvalue weighted by molar-refractivity contribution is 7.98. The van der Waals surface area contributed by atoms with Crippen LogP contribution in [0.15, 0.2) is 28.7 Å². The molecule has 0 aromatic carbocycles. The van der Waals surface area contributed by atoms with Crippen LogP contribution >= 0.6 is 35.0 Å². The third-order valence-electron chi connectivity index (χ3n) is 3.69. The second kappa shape index (κ2) is 5.87. The summed E-state index contributed by atoms with van der Waals surface area (Å²) in [5.41, 5.74) is 0.751. The van der Waals surface area contributed by atoms with Crippen LogP contribution in [-0.4, -0.2) is 46.2 Å². The maximum Gasteiger partial charge on any atom is 0.270 e. The van der Waals surface area contributed by atoms with Gasteiger partial charge < -0.3 is 0 Å². The van der Waals surface area contributed by atoms with Gasteiger partial charge in [0.2, 0.25) is 5.96 Å². The van der Waals surface area contributed by atoms with Crippen LogP contribution in [0.2, 0.25) is 10.0 Å². The van der Waals surface area contributed by atoms with Crippen molar-refractivity contribution in [3.05, 3.63) is 34.2 Å². The van der Waals surface area contributed by atoms with Crippen molar-refractivity contribution >= 4 is 58.3 Å². The van der Waals surface area contributed by atoms with Crippen LogP contribution in [0.1, 0.15) is 10.4 Å².